The predicted octanol–water partition coefficient (Wildman–Crippen LogP) is 1.82. The Morgan fingerprint density at radius 3 is 2.92 bits per heavy atom. The van der Waals surface area contributed by atoms with Crippen molar-refractivity contribution in [3.63, 3.8) is 0 Å². The van der Waals surface area contributed by atoms with Crippen LogP contribution >= 0.6 is 0 Å². The van der Waals surface area contributed by atoms with Gasteiger partial charge in [0.2, 0.25) is 0 Å². The summed E-state index contributed by atoms with van der Waals surface area (Å²) in [6.07, 6.45) is 3.55. The fraction of sp³-hybridized carbons (Fsp3) is 0.412. The van der Waals surface area contributed by atoms with Crippen LogP contribution in [-0.2, 0) is 9.53 Å². The van der Waals surface area contributed by atoms with Gasteiger partial charge in [-0.05, 0) is 25.0 Å². The second kappa shape index (κ2) is 8.79. The number of rotatable bonds is 7. The number of nitriles is 1. The van der Waals surface area contributed by atoms with Crippen LogP contribution in [0, 0.1) is 11.3 Å². The maximum absolute atomic E-state index is 12.3. The third-order valence-electron chi connectivity index (χ3n) is 3.64. The molecular weight excluding hydrogens is 310 g/mol. The standard InChI is InChI=1S/C17H21N3O4/c1-22-13-5-6-16(23-2)15(8-13)20-17(21)12(9-18)10-19-11-14-4-3-7-24-14/h5-6,8,10,14,19H,3-4,7,11H2,1-2H3,(H,20,21)/b12-10-. The Labute approximate surface area is 141 Å². The van der Waals surface area contributed by atoms with E-state index < -0.39 is 5.91 Å². The first-order valence-corrected chi connectivity index (χ1v) is 7.66. The first-order chi connectivity index (χ1) is 11.7. The smallest absolute Gasteiger partial charge is 0.267 e. The van der Waals surface area contributed by atoms with Crippen LogP contribution in [0.2, 0.25) is 0 Å². The minimum atomic E-state index is -0.524. The monoisotopic (exact) mass is 331 g/mol. The van der Waals surface area contributed by atoms with Gasteiger partial charge >= 0.3 is 0 Å². The largest absolute Gasteiger partial charge is 0.497 e. The van der Waals surface area contributed by atoms with Gasteiger partial charge in [0.25, 0.3) is 5.91 Å². The number of methoxy groups -OCH3 is 2. The fourth-order valence-electron chi connectivity index (χ4n) is 2.35. The zero-order valence-electron chi connectivity index (χ0n) is 13.8. The van der Waals surface area contributed by atoms with E-state index in [1.54, 1.807) is 18.2 Å². The molecule has 1 aliphatic heterocycles. The molecule has 1 fully saturated rings. The van der Waals surface area contributed by atoms with Crippen LogP contribution in [0.5, 0.6) is 11.5 Å². The van der Waals surface area contributed by atoms with Gasteiger partial charge in [-0.25, -0.2) is 0 Å². The summed E-state index contributed by atoms with van der Waals surface area (Å²) >= 11 is 0. The van der Waals surface area contributed by atoms with Crippen LogP contribution in [0.3, 0.4) is 0 Å². The lowest BCUT2D eigenvalue weighted by Gasteiger charge is -2.12. The van der Waals surface area contributed by atoms with Gasteiger partial charge in [-0.3, -0.25) is 4.79 Å². The molecule has 0 bridgehead atoms. The molecule has 7 nitrogen and oxygen atoms in total. The highest BCUT2D eigenvalue weighted by atomic mass is 16.5. The van der Waals surface area contributed by atoms with Gasteiger partial charge in [0.1, 0.15) is 23.1 Å². The van der Waals surface area contributed by atoms with Gasteiger partial charge in [-0.1, -0.05) is 0 Å². The van der Waals surface area contributed by atoms with Gasteiger partial charge in [0, 0.05) is 25.4 Å². The summed E-state index contributed by atoms with van der Waals surface area (Å²) < 4.78 is 15.8. The van der Waals surface area contributed by atoms with Crippen molar-refractivity contribution in [1.82, 2.24) is 5.32 Å². The third-order valence-corrected chi connectivity index (χ3v) is 3.64. The Morgan fingerprint density at radius 2 is 2.29 bits per heavy atom. The molecular formula is C17H21N3O4. The first-order valence-electron chi connectivity index (χ1n) is 7.66. The SMILES string of the molecule is COc1ccc(OC)c(NC(=O)/C(C#N)=C\NCC2CCCO2)c1. The number of hydrogen-bond donors (Lipinski definition) is 2. The van der Waals surface area contributed by atoms with Gasteiger partial charge in [-0.2, -0.15) is 5.26 Å². The van der Waals surface area contributed by atoms with E-state index in [0.717, 1.165) is 19.4 Å². The molecule has 2 N–H and O–H groups in total. The number of carbonyl (C=O) groups is 1. The highest BCUT2D eigenvalue weighted by molar-refractivity contribution is 6.07. The number of nitrogens with one attached hydrogen (secondary N) is 2. The Morgan fingerprint density at radius 1 is 1.46 bits per heavy atom. The highest BCUT2D eigenvalue weighted by Crippen LogP contribution is 2.29. The minimum absolute atomic E-state index is 0.0298. The maximum atomic E-state index is 12.3. The van der Waals surface area contributed by atoms with Crippen molar-refractivity contribution in [2.75, 3.05) is 32.7 Å². The van der Waals surface area contributed by atoms with Crippen molar-refractivity contribution in [3.05, 3.63) is 30.0 Å². The lowest BCUT2D eigenvalue weighted by atomic mass is 10.2. The number of hydrogen-bond acceptors (Lipinski definition) is 6. The molecule has 1 aromatic rings. The molecule has 2 rings (SSSR count). The van der Waals surface area contributed by atoms with Crippen molar-refractivity contribution in [1.29, 1.82) is 5.26 Å². The Hall–Kier alpha value is -2.72. The fourth-order valence-corrected chi connectivity index (χ4v) is 2.35. The molecule has 0 radical (unpaired) electrons. The van der Waals surface area contributed by atoms with Crippen molar-refractivity contribution in [2.24, 2.45) is 0 Å². The van der Waals surface area contributed by atoms with E-state index in [0.29, 0.717) is 23.7 Å². The Kier molecular flexibility index (Phi) is 6.46. The molecule has 1 aromatic carbocycles. The van der Waals surface area contributed by atoms with Gasteiger partial charge in [-0.15, -0.1) is 0 Å². The molecule has 24 heavy (non-hydrogen) atoms. The lowest BCUT2D eigenvalue weighted by molar-refractivity contribution is -0.112. The van der Waals surface area contributed by atoms with Gasteiger partial charge in [0.05, 0.1) is 26.0 Å². The number of benzene rings is 1. The topological polar surface area (TPSA) is 92.6 Å². The predicted molar refractivity (Wildman–Crippen MR) is 88.8 cm³/mol. The van der Waals surface area contributed by atoms with Crippen LogP contribution in [0.4, 0.5) is 5.69 Å². The molecule has 1 amide bonds. The van der Waals surface area contributed by atoms with Gasteiger partial charge < -0.3 is 24.8 Å². The lowest BCUT2D eigenvalue weighted by Crippen LogP contribution is -2.24. The van der Waals surface area contributed by atoms with E-state index in [2.05, 4.69) is 10.6 Å². The molecule has 0 saturated carbocycles. The molecule has 0 aromatic heterocycles. The summed E-state index contributed by atoms with van der Waals surface area (Å²) in [4.78, 5) is 12.3. The van der Waals surface area contributed by atoms with Crippen LogP contribution in [0.15, 0.2) is 30.0 Å². The summed E-state index contributed by atoms with van der Waals surface area (Å²) in [6.45, 7) is 1.33. The summed E-state index contributed by atoms with van der Waals surface area (Å²) in [5.74, 6) is 0.530. The molecule has 128 valence electrons. The Bertz CT molecular complexity index is 646. The minimum Gasteiger partial charge on any atom is -0.497 e. The van der Waals surface area contributed by atoms with Crippen LogP contribution < -0.4 is 20.1 Å². The van der Waals surface area contributed by atoms with Crippen molar-refractivity contribution in [2.45, 2.75) is 18.9 Å². The number of ether oxygens (including phenoxy) is 3. The molecule has 1 unspecified atom stereocenters. The second-order valence-corrected chi connectivity index (χ2v) is 5.23. The number of anilines is 1. The maximum Gasteiger partial charge on any atom is 0.267 e. The quantitative estimate of drug-likeness (QED) is 0.585. The van der Waals surface area contributed by atoms with E-state index >= 15 is 0 Å². The molecule has 0 spiro atoms. The summed E-state index contributed by atoms with van der Waals surface area (Å²) in [7, 11) is 3.03. The van der Waals surface area contributed by atoms with Crippen molar-refractivity contribution in [3.8, 4) is 17.6 Å². The third kappa shape index (κ3) is 4.64. The van der Waals surface area contributed by atoms with E-state index in [1.165, 1.54) is 20.4 Å². The van der Waals surface area contributed by atoms with Crippen LogP contribution in [0.1, 0.15) is 12.8 Å². The second-order valence-electron chi connectivity index (χ2n) is 5.23. The average molecular weight is 331 g/mol. The molecule has 0 aliphatic carbocycles. The summed E-state index contributed by atoms with van der Waals surface area (Å²) in [5, 5.41) is 14.8. The first kappa shape index (κ1) is 17.6. The van der Waals surface area contributed by atoms with E-state index in [-0.39, 0.29) is 11.7 Å². The zero-order valence-corrected chi connectivity index (χ0v) is 13.8. The van der Waals surface area contributed by atoms with E-state index in [1.807, 2.05) is 6.07 Å². The zero-order chi connectivity index (χ0) is 17.4. The average Bonchev–Trinajstić information content (AvgIpc) is 3.12. The van der Waals surface area contributed by atoms with Gasteiger partial charge in [0.15, 0.2) is 0 Å². The molecule has 1 atom stereocenters. The van der Waals surface area contributed by atoms with Crippen molar-refractivity contribution >= 4 is 11.6 Å². The number of carbonyl (C=O) groups excluding carboxylic acids is 1. The number of amides is 1. The molecule has 1 saturated heterocycles. The van der Waals surface area contributed by atoms with E-state index in [4.69, 9.17) is 14.2 Å². The summed E-state index contributed by atoms with van der Waals surface area (Å²) in [6, 6.07) is 6.92. The van der Waals surface area contributed by atoms with Crippen molar-refractivity contribution < 1.29 is 19.0 Å². The molecule has 1 aliphatic rings. The molecule has 1 heterocycles. The van der Waals surface area contributed by atoms with Crippen LogP contribution in [0.25, 0.3) is 0 Å². The molecule has 7 heteroatoms. The van der Waals surface area contributed by atoms with E-state index in [9.17, 15) is 10.1 Å². The Balaban J connectivity index is 2.02. The normalized spacial score (nSPS) is 17.0. The highest BCUT2D eigenvalue weighted by Gasteiger charge is 2.16. The van der Waals surface area contributed by atoms with Crippen LogP contribution in [-0.4, -0.2) is 39.4 Å². The number of nitrogens with zero attached hydrogens (tertiary/aromatic N) is 1. The summed E-state index contributed by atoms with van der Waals surface area (Å²) in [5.41, 5.74) is 0.403.